The Morgan fingerprint density at radius 1 is 1.13 bits per heavy atom. The van der Waals surface area contributed by atoms with E-state index in [1.54, 1.807) is 59.7 Å². The van der Waals surface area contributed by atoms with Crippen LogP contribution in [0, 0.1) is 35.5 Å². The third-order valence-electron chi connectivity index (χ3n) is 16.7. The second kappa shape index (κ2) is 20.9. The van der Waals surface area contributed by atoms with Crippen LogP contribution in [0.25, 0.3) is 11.0 Å². The van der Waals surface area contributed by atoms with Crippen LogP contribution >= 0.6 is 21.6 Å². The van der Waals surface area contributed by atoms with Gasteiger partial charge in [0.1, 0.15) is 11.3 Å². The minimum absolute atomic E-state index is 0.0355. The van der Waals surface area contributed by atoms with Crippen LogP contribution in [0.5, 0.6) is 5.75 Å². The molecule has 9 rings (SSSR count). The molecule has 1 spiro atoms. The van der Waals surface area contributed by atoms with Gasteiger partial charge in [-0.05, 0) is 112 Å². The average Bonchev–Trinajstić information content (AvgIpc) is 3.70. The number of carbonyl (C=O) groups is 3. The van der Waals surface area contributed by atoms with Crippen LogP contribution in [0.3, 0.4) is 0 Å². The summed E-state index contributed by atoms with van der Waals surface area (Å²) in [6.07, 6.45) is 12.3. The number of hydrogen-bond acceptors (Lipinski definition) is 16. The molecule has 2 bridgehead atoms. The number of dihydropyridines is 1. The van der Waals surface area contributed by atoms with Crippen LogP contribution in [-0.4, -0.2) is 123 Å². The molecule has 2 fully saturated rings. The lowest BCUT2D eigenvalue weighted by Gasteiger charge is -2.62. The number of rotatable bonds is 15. The highest BCUT2D eigenvalue weighted by Gasteiger charge is 2.68. The maximum absolute atomic E-state index is 15.0. The Bertz CT molecular complexity index is 2640. The van der Waals surface area contributed by atoms with Crippen LogP contribution in [0.2, 0.25) is 0 Å². The van der Waals surface area contributed by atoms with Gasteiger partial charge in [-0.1, -0.05) is 59.2 Å². The number of fused-ring (bicyclic) bond motifs is 7. The number of nitrogens with zero attached hydrogens (tertiary/aromatic N) is 1. The van der Waals surface area contributed by atoms with E-state index in [0.717, 1.165) is 28.7 Å². The number of nitrogens with two attached hydrogens (primary N) is 1. The Labute approximate surface area is 423 Å². The number of ether oxygens (including phenoxy) is 2. The molecule has 1 saturated heterocycles. The number of benzene rings is 1. The molecule has 12 atom stereocenters. The molecule has 4 aliphatic heterocycles. The van der Waals surface area contributed by atoms with Crippen molar-refractivity contribution in [1.29, 1.82) is 0 Å². The molecule has 3 aliphatic carbocycles. The van der Waals surface area contributed by atoms with Gasteiger partial charge in [0, 0.05) is 90.0 Å². The maximum Gasteiger partial charge on any atom is 0.339 e. The maximum atomic E-state index is 15.0. The molecule has 15 nitrogen and oxygen atoms in total. The Morgan fingerprint density at radius 3 is 2.63 bits per heavy atom. The predicted octanol–water partition coefficient (Wildman–Crippen LogP) is 4.79. The molecule has 7 aliphatic rings. The molecule has 8 N–H and O–H groups in total. The molecule has 384 valence electrons. The monoisotopic (exact) mass is 1010 g/mol. The molecular formula is C54H70N4O11S2. The first-order valence-electron chi connectivity index (χ1n) is 25.4. The molecule has 71 heavy (non-hydrogen) atoms. The van der Waals surface area contributed by atoms with E-state index in [1.807, 2.05) is 36.2 Å². The largest absolute Gasteiger partial charge is 0.481 e. The van der Waals surface area contributed by atoms with Gasteiger partial charge in [0.05, 0.1) is 43.0 Å². The number of nitrogens with one attached hydrogen (secondary N) is 2. The second-order valence-corrected chi connectivity index (χ2v) is 23.9. The van der Waals surface area contributed by atoms with Crippen molar-refractivity contribution in [2.24, 2.45) is 41.2 Å². The van der Waals surface area contributed by atoms with E-state index >= 15 is 4.79 Å². The second-order valence-electron chi connectivity index (χ2n) is 21.3. The number of hydrogen-bond donors (Lipinski definition) is 7. The Hall–Kier alpha value is -4.36. The lowest BCUT2D eigenvalue weighted by Crippen LogP contribution is -2.75. The molecule has 1 amide bonds. The summed E-state index contributed by atoms with van der Waals surface area (Å²) in [6, 6.07) is 5.01. The van der Waals surface area contributed by atoms with Crippen molar-refractivity contribution in [3.05, 3.63) is 98.2 Å². The van der Waals surface area contributed by atoms with Gasteiger partial charge in [0.2, 0.25) is 5.91 Å². The predicted molar refractivity (Wildman–Crippen MR) is 274 cm³/mol. The fraction of sp³-hybridized carbons (Fsp3) is 0.593. The summed E-state index contributed by atoms with van der Waals surface area (Å²) in [5.74, 6) is -0.892. The van der Waals surface area contributed by atoms with E-state index in [0.29, 0.717) is 59.9 Å². The van der Waals surface area contributed by atoms with Gasteiger partial charge in [-0.15, -0.1) is 0 Å². The first-order chi connectivity index (χ1) is 34.1. The fourth-order valence-electron chi connectivity index (χ4n) is 12.9. The van der Waals surface area contributed by atoms with Gasteiger partial charge in [0.25, 0.3) is 0 Å². The molecule has 0 radical (unpaired) electrons. The van der Waals surface area contributed by atoms with Crippen LogP contribution in [0.1, 0.15) is 83.8 Å². The van der Waals surface area contributed by atoms with E-state index in [-0.39, 0.29) is 109 Å². The number of carbonyl (C=O) groups excluding carboxylic acids is 3. The van der Waals surface area contributed by atoms with Crippen LogP contribution in [0.15, 0.2) is 85.9 Å². The summed E-state index contributed by atoms with van der Waals surface area (Å²) >= 11 is 0. The van der Waals surface area contributed by atoms with E-state index in [9.17, 15) is 34.8 Å². The van der Waals surface area contributed by atoms with Gasteiger partial charge in [-0.3, -0.25) is 9.59 Å². The van der Waals surface area contributed by atoms with Crippen LogP contribution in [0.4, 0.5) is 0 Å². The summed E-state index contributed by atoms with van der Waals surface area (Å²) in [5.41, 5.74) is 7.12. The van der Waals surface area contributed by atoms with E-state index < -0.39 is 47.3 Å². The number of amides is 1. The van der Waals surface area contributed by atoms with Gasteiger partial charge in [-0.25, -0.2) is 9.59 Å². The lowest BCUT2D eigenvalue weighted by atomic mass is 9.57. The topological polar surface area (TPSA) is 234 Å². The van der Waals surface area contributed by atoms with Crippen LogP contribution < -0.4 is 26.7 Å². The first kappa shape index (κ1) is 51.5. The van der Waals surface area contributed by atoms with Gasteiger partial charge in [0.15, 0.2) is 17.0 Å². The van der Waals surface area contributed by atoms with Crippen molar-refractivity contribution in [2.45, 2.75) is 126 Å². The number of ketones is 1. The minimum atomic E-state index is -1.60. The molecular weight excluding hydrogens is 945 g/mol. The van der Waals surface area contributed by atoms with E-state index in [2.05, 4.69) is 24.5 Å². The zero-order chi connectivity index (χ0) is 50.5. The van der Waals surface area contributed by atoms with Gasteiger partial charge in [-0.2, -0.15) is 0 Å². The zero-order valence-electron chi connectivity index (χ0n) is 41.4. The molecule has 12 unspecified atom stereocenters. The minimum Gasteiger partial charge on any atom is -0.481 e. The Balaban J connectivity index is 1.15. The first-order valence-corrected chi connectivity index (χ1v) is 27.8. The summed E-state index contributed by atoms with van der Waals surface area (Å²) < 4.78 is 20.2. The van der Waals surface area contributed by atoms with Crippen molar-refractivity contribution in [3.63, 3.8) is 0 Å². The van der Waals surface area contributed by atoms with Crippen LogP contribution in [-0.2, 0) is 32.0 Å². The summed E-state index contributed by atoms with van der Waals surface area (Å²) in [4.78, 5) is 58.8. The number of esters is 1. The molecule has 1 saturated carbocycles. The summed E-state index contributed by atoms with van der Waals surface area (Å²) in [6.45, 7) is 7.11. The van der Waals surface area contributed by atoms with Gasteiger partial charge >= 0.3 is 11.6 Å². The Morgan fingerprint density at radius 2 is 1.92 bits per heavy atom. The molecule has 2 aromatic rings. The number of aliphatic hydroxyl groups excluding tert-OH is 4. The highest BCUT2D eigenvalue weighted by molar-refractivity contribution is 8.77. The highest BCUT2D eigenvalue weighted by Crippen LogP contribution is 2.60. The lowest BCUT2D eigenvalue weighted by molar-refractivity contribution is -0.202. The third-order valence-corrected chi connectivity index (χ3v) is 19.5. The molecule has 17 heteroatoms. The molecule has 5 heterocycles. The summed E-state index contributed by atoms with van der Waals surface area (Å²) in [7, 11) is 5.23. The number of aliphatic hydroxyl groups is 4. The van der Waals surface area contributed by atoms with Crippen molar-refractivity contribution in [2.75, 3.05) is 39.2 Å². The quantitative estimate of drug-likeness (QED) is 0.0418. The van der Waals surface area contributed by atoms with Crippen molar-refractivity contribution < 1.29 is 48.7 Å². The molecule has 1 aromatic heterocycles. The fourth-order valence-corrected chi connectivity index (χ4v) is 16.0. The van der Waals surface area contributed by atoms with Crippen molar-refractivity contribution >= 4 is 50.2 Å². The Kier molecular flexibility index (Phi) is 15.1. The average molecular weight is 1020 g/mol. The molecule has 1 aromatic carbocycles. The van der Waals surface area contributed by atoms with E-state index in [1.165, 1.54) is 0 Å². The standard InChI is InChI=1S/C54H70N4O11S2/c1-6-30(13-14-59)52(66)69-53(4)36(26-61)18-35-27-70-71-44-20-39-41(63)12-11-40-47(49(39)56-5)50(44)58(40)46(64)19-34-24-57-45(55)21-38(34)48(35)54(53)23-33-17-31-16-32(51(65)67-42(31)22-43(33)68-54)15-29(25-60)8-10-37(62)9-7-28(2)3/h6,11-12,16-18,21-22,28-29,36-37,39-40,44,47-50,56-57,59-62H,7-10,13-15,19-20,23-27,55H2,1-5H3. The summed E-state index contributed by atoms with van der Waals surface area (Å²) in [5, 5.41) is 49.8. The number of allylic oxidation sites excluding steroid dienone is 3. The highest BCUT2D eigenvalue weighted by atomic mass is 33.1. The van der Waals surface area contributed by atoms with Crippen molar-refractivity contribution in [3.8, 4) is 5.75 Å². The van der Waals surface area contributed by atoms with Crippen molar-refractivity contribution in [1.82, 2.24) is 15.5 Å². The SMILES string of the molecule is CC=C(CCO)C(=O)OC1(C)C(CO)C=C2CSSC3CC4C(=O)C=CC5C(C4NC)C3N5C(=O)CC3=C(C=C(N)NC3)C2C12Cc1cc3cc(CC(CO)CCC(O)CCC(C)C)c(=O)oc3cc1O2. The zero-order valence-corrected chi connectivity index (χ0v) is 43.0. The van der Waals surface area contributed by atoms with Gasteiger partial charge < -0.3 is 55.6 Å². The smallest absolute Gasteiger partial charge is 0.339 e. The third kappa shape index (κ3) is 9.35. The van der Waals surface area contributed by atoms with E-state index in [4.69, 9.17) is 19.6 Å². The normalized spacial score (nSPS) is 32.0.